The first kappa shape index (κ1) is 23.0. The maximum atomic E-state index is 12.9. The molecule has 0 aliphatic carbocycles. The van der Waals surface area contributed by atoms with E-state index in [2.05, 4.69) is 15.6 Å². The molecule has 168 valence electrons. The minimum Gasteiger partial charge on any atom is -0.379 e. The number of ether oxygens (including phenoxy) is 2. The topological polar surface area (TPSA) is 92.3 Å². The number of nitrogens with one attached hydrogen (secondary N) is 2. The lowest BCUT2D eigenvalue weighted by atomic mass is 10.2. The van der Waals surface area contributed by atoms with E-state index in [1.54, 1.807) is 29.6 Å². The van der Waals surface area contributed by atoms with E-state index in [0.29, 0.717) is 43.7 Å². The summed E-state index contributed by atoms with van der Waals surface area (Å²) in [5, 5.41) is 6.51. The van der Waals surface area contributed by atoms with Crippen LogP contribution in [0.1, 0.15) is 37.7 Å². The van der Waals surface area contributed by atoms with Crippen molar-refractivity contribution in [1.82, 2.24) is 14.9 Å². The van der Waals surface area contributed by atoms with Gasteiger partial charge in [-0.15, -0.1) is 0 Å². The lowest BCUT2D eigenvalue weighted by Gasteiger charge is -2.26. The molecule has 30 heavy (non-hydrogen) atoms. The molecule has 2 heterocycles. The Hall–Kier alpha value is -1.68. The molecule has 0 aromatic heterocycles. The molecule has 0 radical (unpaired) electrons. The molecule has 8 nitrogen and oxygen atoms in total. The van der Waals surface area contributed by atoms with Gasteiger partial charge in [-0.05, 0) is 43.4 Å². The molecule has 1 aromatic carbocycles. The highest BCUT2D eigenvalue weighted by Gasteiger charge is 2.25. The maximum absolute atomic E-state index is 12.9. The fraction of sp³-hybridized carbons (Fsp3) is 0.667. The molecule has 2 N–H and O–H groups in total. The molecule has 3 rings (SSSR count). The molecular weight excluding hydrogens is 404 g/mol. The fourth-order valence-electron chi connectivity index (χ4n) is 3.65. The number of piperidine rings is 1. The van der Waals surface area contributed by atoms with Crippen LogP contribution in [0.3, 0.4) is 0 Å². The molecular formula is C21H34N4O4S. The van der Waals surface area contributed by atoms with Crippen molar-refractivity contribution in [2.75, 3.05) is 46.5 Å². The number of guanidine groups is 1. The van der Waals surface area contributed by atoms with Crippen LogP contribution in [0.5, 0.6) is 0 Å². The Morgan fingerprint density at radius 2 is 2.10 bits per heavy atom. The highest BCUT2D eigenvalue weighted by Crippen LogP contribution is 2.21. The van der Waals surface area contributed by atoms with Gasteiger partial charge in [-0.2, -0.15) is 4.31 Å². The summed E-state index contributed by atoms with van der Waals surface area (Å²) >= 11 is 0. The van der Waals surface area contributed by atoms with E-state index < -0.39 is 10.0 Å². The first-order valence-electron chi connectivity index (χ1n) is 10.8. The molecule has 0 bridgehead atoms. The lowest BCUT2D eigenvalue weighted by molar-refractivity contribution is 0.0420. The Kier molecular flexibility index (Phi) is 8.92. The van der Waals surface area contributed by atoms with E-state index in [0.717, 1.165) is 50.8 Å². The molecule has 2 aliphatic rings. The van der Waals surface area contributed by atoms with Crippen molar-refractivity contribution in [3.8, 4) is 0 Å². The third-order valence-corrected chi connectivity index (χ3v) is 7.28. The Morgan fingerprint density at radius 3 is 2.83 bits per heavy atom. The summed E-state index contributed by atoms with van der Waals surface area (Å²) < 4.78 is 38.4. The fourth-order valence-corrected chi connectivity index (χ4v) is 5.24. The van der Waals surface area contributed by atoms with Gasteiger partial charge in [0, 0.05) is 46.4 Å². The van der Waals surface area contributed by atoms with Crippen LogP contribution >= 0.6 is 0 Å². The molecule has 2 fully saturated rings. The van der Waals surface area contributed by atoms with E-state index in [9.17, 15) is 8.42 Å². The van der Waals surface area contributed by atoms with Crippen molar-refractivity contribution in [2.24, 2.45) is 4.99 Å². The number of hydrogen-bond donors (Lipinski definition) is 2. The molecule has 0 amide bonds. The molecule has 1 aromatic rings. The Balaban J connectivity index is 1.44. The predicted octanol–water partition coefficient (Wildman–Crippen LogP) is 1.72. The van der Waals surface area contributed by atoms with E-state index in [1.807, 2.05) is 6.07 Å². The number of aliphatic imine (C=N–C) groups is 1. The van der Waals surface area contributed by atoms with Crippen molar-refractivity contribution >= 4 is 16.0 Å². The largest absolute Gasteiger partial charge is 0.379 e. The van der Waals surface area contributed by atoms with Crippen molar-refractivity contribution in [1.29, 1.82) is 0 Å². The summed E-state index contributed by atoms with van der Waals surface area (Å²) in [6.45, 7) is 4.64. The third kappa shape index (κ3) is 6.66. The van der Waals surface area contributed by atoms with Crippen LogP contribution in [-0.4, -0.2) is 71.3 Å². The predicted molar refractivity (Wildman–Crippen MR) is 117 cm³/mol. The van der Waals surface area contributed by atoms with Gasteiger partial charge in [0.15, 0.2) is 5.96 Å². The van der Waals surface area contributed by atoms with Crippen LogP contribution in [0.25, 0.3) is 0 Å². The summed E-state index contributed by atoms with van der Waals surface area (Å²) in [5.41, 5.74) is 0.903. The molecule has 0 spiro atoms. The van der Waals surface area contributed by atoms with E-state index >= 15 is 0 Å². The normalized spacial score (nSPS) is 21.0. The second-order valence-electron chi connectivity index (χ2n) is 7.67. The standard InChI is InChI=1S/C21H34N4O4S/c1-22-21(23-10-6-13-29-19-9-14-28-17-19)24-16-18-7-5-8-20(15-18)30(26,27)25-11-3-2-4-12-25/h5,7-8,15,19H,2-4,6,9-14,16-17H2,1H3,(H2,22,23,24). The zero-order chi connectivity index (χ0) is 21.2. The maximum Gasteiger partial charge on any atom is 0.243 e. The van der Waals surface area contributed by atoms with Crippen molar-refractivity contribution < 1.29 is 17.9 Å². The van der Waals surface area contributed by atoms with Gasteiger partial charge in [0.1, 0.15) is 0 Å². The summed E-state index contributed by atoms with van der Waals surface area (Å²) in [4.78, 5) is 4.59. The molecule has 1 atom stereocenters. The average molecular weight is 439 g/mol. The van der Waals surface area contributed by atoms with Gasteiger partial charge in [0.25, 0.3) is 0 Å². The molecule has 1 unspecified atom stereocenters. The number of sulfonamides is 1. The number of nitrogens with zero attached hydrogens (tertiary/aromatic N) is 2. The van der Waals surface area contributed by atoms with Crippen molar-refractivity contribution in [3.63, 3.8) is 0 Å². The van der Waals surface area contributed by atoms with E-state index in [-0.39, 0.29) is 6.10 Å². The van der Waals surface area contributed by atoms with Crippen LogP contribution in [0.15, 0.2) is 34.2 Å². The van der Waals surface area contributed by atoms with Gasteiger partial charge in [-0.3, -0.25) is 4.99 Å². The average Bonchev–Trinajstić information content (AvgIpc) is 3.30. The SMILES string of the molecule is CN=C(NCCCOC1CCOC1)NCc1cccc(S(=O)(=O)N2CCCCC2)c1. The zero-order valence-electron chi connectivity index (χ0n) is 17.8. The summed E-state index contributed by atoms with van der Waals surface area (Å²) in [5.74, 6) is 0.684. The summed E-state index contributed by atoms with van der Waals surface area (Å²) in [6.07, 6.45) is 5.05. The highest BCUT2D eigenvalue weighted by molar-refractivity contribution is 7.89. The lowest BCUT2D eigenvalue weighted by Crippen LogP contribution is -2.38. The molecule has 2 aliphatic heterocycles. The minimum absolute atomic E-state index is 0.232. The van der Waals surface area contributed by atoms with Gasteiger partial charge in [-0.1, -0.05) is 18.6 Å². The minimum atomic E-state index is -3.42. The van der Waals surface area contributed by atoms with Gasteiger partial charge in [0.2, 0.25) is 10.0 Å². The Bertz CT molecular complexity index is 788. The zero-order valence-corrected chi connectivity index (χ0v) is 18.6. The summed E-state index contributed by atoms with van der Waals surface area (Å²) in [6, 6.07) is 7.15. The quantitative estimate of drug-likeness (QED) is 0.347. The first-order chi connectivity index (χ1) is 14.6. The smallest absolute Gasteiger partial charge is 0.243 e. The van der Waals surface area contributed by atoms with E-state index in [4.69, 9.17) is 9.47 Å². The Morgan fingerprint density at radius 1 is 1.27 bits per heavy atom. The van der Waals surface area contributed by atoms with Crippen molar-refractivity contribution in [2.45, 2.75) is 49.6 Å². The van der Waals surface area contributed by atoms with Crippen LogP contribution < -0.4 is 10.6 Å². The van der Waals surface area contributed by atoms with Crippen LogP contribution in [0, 0.1) is 0 Å². The highest BCUT2D eigenvalue weighted by atomic mass is 32.2. The second-order valence-corrected chi connectivity index (χ2v) is 9.61. The Labute approximate surface area is 180 Å². The second kappa shape index (κ2) is 11.6. The number of hydrogen-bond acceptors (Lipinski definition) is 5. The molecule has 2 saturated heterocycles. The van der Waals surface area contributed by atoms with Gasteiger partial charge >= 0.3 is 0 Å². The van der Waals surface area contributed by atoms with Crippen molar-refractivity contribution in [3.05, 3.63) is 29.8 Å². The number of rotatable bonds is 9. The third-order valence-electron chi connectivity index (χ3n) is 5.39. The molecule has 0 saturated carbocycles. The molecule has 9 heteroatoms. The van der Waals surface area contributed by atoms with E-state index in [1.165, 1.54) is 0 Å². The monoisotopic (exact) mass is 438 g/mol. The first-order valence-corrected chi connectivity index (χ1v) is 12.3. The van der Waals surface area contributed by atoms with Gasteiger partial charge in [-0.25, -0.2) is 8.42 Å². The van der Waals surface area contributed by atoms with Gasteiger partial charge < -0.3 is 20.1 Å². The summed E-state index contributed by atoms with van der Waals surface area (Å²) in [7, 11) is -1.70. The van der Waals surface area contributed by atoms with Crippen LogP contribution in [0.2, 0.25) is 0 Å². The number of benzene rings is 1. The van der Waals surface area contributed by atoms with Crippen LogP contribution in [0.4, 0.5) is 0 Å². The van der Waals surface area contributed by atoms with Crippen LogP contribution in [-0.2, 0) is 26.0 Å². The van der Waals surface area contributed by atoms with Gasteiger partial charge in [0.05, 0.1) is 17.6 Å².